The minimum absolute atomic E-state index is 0.0632. The summed E-state index contributed by atoms with van der Waals surface area (Å²) < 4.78 is 50.6. The van der Waals surface area contributed by atoms with E-state index in [1.807, 2.05) is 0 Å². The summed E-state index contributed by atoms with van der Waals surface area (Å²) in [5.41, 5.74) is 0. The van der Waals surface area contributed by atoms with Crippen molar-refractivity contribution < 1.29 is 22.3 Å². The van der Waals surface area contributed by atoms with Gasteiger partial charge in [0.05, 0.1) is 0 Å². The van der Waals surface area contributed by atoms with Crippen molar-refractivity contribution in [3.8, 4) is 5.88 Å². The van der Waals surface area contributed by atoms with Gasteiger partial charge in [-0.25, -0.2) is 9.37 Å². The summed E-state index contributed by atoms with van der Waals surface area (Å²) in [7, 11) is 0. The van der Waals surface area contributed by atoms with E-state index in [-0.39, 0.29) is 4.60 Å². The van der Waals surface area contributed by atoms with Crippen LogP contribution in [0.15, 0.2) is 16.7 Å². The molecule has 0 aromatic carbocycles. The van der Waals surface area contributed by atoms with Gasteiger partial charge in [0.25, 0.3) is 0 Å². The number of hydrogen-bond acceptors (Lipinski definition) is 2. The molecule has 0 fully saturated rings. The molecule has 2 nitrogen and oxygen atoms in total. The number of nitrogens with zero attached hydrogens (tertiary/aromatic N) is 1. The van der Waals surface area contributed by atoms with Crippen LogP contribution in [0.1, 0.15) is 0 Å². The topological polar surface area (TPSA) is 22.1 Å². The van der Waals surface area contributed by atoms with Crippen molar-refractivity contribution in [3.05, 3.63) is 22.6 Å². The lowest BCUT2D eigenvalue weighted by atomic mass is 10.5. The number of ether oxygens (including phenoxy) is 1. The summed E-state index contributed by atoms with van der Waals surface area (Å²) in [6, 6.07) is 1.46. The van der Waals surface area contributed by atoms with Gasteiger partial charge in [0.1, 0.15) is 10.4 Å². The first kappa shape index (κ1) is 10.2. The van der Waals surface area contributed by atoms with E-state index in [0.717, 1.165) is 6.07 Å². The van der Waals surface area contributed by atoms with Crippen LogP contribution in [0, 0.1) is 5.82 Å². The molecule has 0 atom stereocenters. The van der Waals surface area contributed by atoms with Crippen molar-refractivity contribution in [2.75, 3.05) is 0 Å². The molecule has 13 heavy (non-hydrogen) atoms. The number of halogens is 5. The minimum Gasteiger partial charge on any atom is -0.388 e. The van der Waals surface area contributed by atoms with Crippen molar-refractivity contribution in [1.29, 1.82) is 0 Å². The maximum atomic E-state index is 12.5. The lowest BCUT2D eigenvalue weighted by Crippen LogP contribution is -2.18. The third-order valence-electron chi connectivity index (χ3n) is 0.956. The smallest absolute Gasteiger partial charge is 0.388 e. The maximum Gasteiger partial charge on any atom is 0.574 e. The molecule has 0 aliphatic heterocycles. The summed E-state index contributed by atoms with van der Waals surface area (Å²) >= 11 is 2.72. The van der Waals surface area contributed by atoms with Crippen LogP contribution in [-0.2, 0) is 0 Å². The van der Waals surface area contributed by atoms with Crippen molar-refractivity contribution in [2.24, 2.45) is 0 Å². The monoisotopic (exact) mass is 259 g/mol. The first-order valence-corrected chi connectivity index (χ1v) is 3.75. The van der Waals surface area contributed by atoms with Crippen LogP contribution in [-0.4, -0.2) is 11.3 Å². The summed E-state index contributed by atoms with van der Waals surface area (Å²) in [6.45, 7) is 0. The Labute approximate surface area is 78.7 Å². The zero-order chi connectivity index (χ0) is 10.1. The first-order chi connectivity index (χ1) is 5.87. The summed E-state index contributed by atoms with van der Waals surface area (Å²) in [4.78, 5) is 3.25. The van der Waals surface area contributed by atoms with Gasteiger partial charge < -0.3 is 4.74 Å². The number of aromatic nitrogens is 1. The van der Waals surface area contributed by atoms with E-state index in [4.69, 9.17) is 0 Å². The second-order valence-corrected chi connectivity index (χ2v) is 2.81. The van der Waals surface area contributed by atoms with Gasteiger partial charge in [-0.15, -0.1) is 13.2 Å². The standard InChI is InChI=1S/C6H2BrF4NO/c7-4-1-3(8)2-5(12-4)13-6(9,10)11/h1-2H. The van der Waals surface area contributed by atoms with Crippen molar-refractivity contribution >= 4 is 15.9 Å². The number of alkyl halides is 3. The van der Waals surface area contributed by atoms with E-state index >= 15 is 0 Å². The highest BCUT2D eigenvalue weighted by Gasteiger charge is 2.32. The Bertz CT molecular complexity index is 294. The molecule has 0 unspecified atom stereocenters. The molecule has 0 aliphatic rings. The average molecular weight is 260 g/mol. The average Bonchev–Trinajstić information content (AvgIpc) is 1.78. The highest BCUT2D eigenvalue weighted by Crippen LogP contribution is 2.23. The Hall–Kier alpha value is -0.850. The van der Waals surface area contributed by atoms with E-state index in [9.17, 15) is 17.6 Å². The summed E-state index contributed by atoms with van der Waals surface area (Å²) in [5.74, 6) is -1.69. The molecule has 0 saturated carbocycles. The zero-order valence-corrected chi connectivity index (χ0v) is 7.49. The van der Waals surface area contributed by atoms with Crippen LogP contribution in [0.2, 0.25) is 0 Å². The lowest BCUT2D eigenvalue weighted by Gasteiger charge is -2.07. The normalized spacial score (nSPS) is 11.5. The molecule has 0 N–H and O–H groups in total. The van der Waals surface area contributed by atoms with Gasteiger partial charge in [0.15, 0.2) is 0 Å². The number of hydrogen-bond donors (Lipinski definition) is 0. The lowest BCUT2D eigenvalue weighted by molar-refractivity contribution is -0.276. The van der Waals surface area contributed by atoms with Gasteiger partial charge in [-0.1, -0.05) is 0 Å². The quantitative estimate of drug-likeness (QED) is 0.572. The largest absolute Gasteiger partial charge is 0.574 e. The summed E-state index contributed by atoms with van der Waals surface area (Å²) in [5, 5.41) is 0. The van der Waals surface area contributed by atoms with Gasteiger partial charge in [-0.3, -0.25) is 0 Å². The molecule has 0 amide bonds. The van der Waals surface area contributed by atoms with Crippen molar-refractivity contribution in [2.45, 2.75) is 6.36 Å². The molecular weight excluding hydrogens is 258 g/mol. The van der Waals surface area contributed by atoms with Crippen molar-refractivity contribution in [1.82, 2.24) is 4.98 Å². The first-order valence-electron chi connectivity index (χ1n) is 2.96. The van der Waals surface area contributed by atoms with Gasteiger partial charge in [0.2, 0.25) is 5.88 Å². The fourth-order valence-corrected chi connectivity index (χ4v) is 1.01. The fraction of sp³-hybridized carbons (Fsp3) is 0.167. The molecule has 1 aromatic rings. The van der Waals surface area contributed by atoms with Crippen LogP contribution in [0.25, 0.3) is 0 Å². The molecule has 7 heteroatoms. The summed E-state index contributed by atoms with van der Waals surface area (Å²) in [6.07, 6.45) is -4.86. The predicted molar refractivity (Wildman–Crippen MR) is 38.6 cm³/mol. The van der Waals surface area contributed by atoms with E-state index < -0.39 is 18.1 Å². The Morgan fingerprint density at radius 2 is 1.92 bits per heavy atom. The molecule has 0 bridgehead atoms. The second-order valence-electron chi connectivity index (χ2n) is 1.99. The van der Waals surface area contributed by atoms with E-state index in [2.05, 4.69) is 25.7 Å². The Balaban J connectivity index is 2.90. The van der Waals surface area contributed by atoms with Crippen LogP contribution in [0.3, 0.4) is 0 Å². The van der Waals surface area contributed by atoms with E-state index in [0.29, 0.717) is 6.07 Å². The molecule has 0 aliphatic carbocycles. The molecule has 1 rings (SSSR count). The number of rotatable bonds is 1. The predicted octanol–water partition coefficient (Wildman–Crippen LogP) is 2.88. The molecular formula is C6H2BrF4NO. The zero-order valence-electron chi connectivity index (χ0n) is 5.90. The molecule has 0 spiro atoms. The van der Waals surface area contributed by atoms with E-state index in [1.165, 1.54) is 0 Å². The van der Waals surface area contributed by atoms with Crippen LogP contribution >= 0.6 is 15.9 Å². The maximum absolute atomic E-state index is 12.5. The highest BCUT2D eigenvalue weighted by atomic mass is 79.9. The molecule has 72 valence electrons. The highest BCUT2D eigenvalue weighted by molar-refractivity contribution is 9.10. The van der Waals surface area contributed by atoms with Gasteiger partial charge in [-0.05, 0) is 15.9 Å². The second kappa shape index (κ2) is 3.49. The molecule has 1 aromatic heterocycles. The molecule has 0 radical (unpaired) electrons. The SMILES string of the molecule is Fc1cc(Br)nc(OC(F)(F)F)c1. The Kier molecular flexibility index (Phi) is 2.74. The van der Waals surface area contributed by atoms with Crippen LogP contribution < -0.4 is 4.74 Å². The van der Waals surface area contributed by atoms with Gasteiger partial charge in [0, 0.05) is 12.1 Å². The molecule has 1 heterocycles. The number of pyridine rings is 1. The third-order valence-corrected chi connectivity index (χ3v) is 1.36. The third kappa shape index (κ3) is 3.58. The van der Waals surface area contributed by atoms with E-state index in [1.54, 1.807) is 0 Å². The fourth-order valence-electron chi connectivity index (χ4n) is 0.614. The van der Waals surface area contributed by atoms with Gasteiger partial charge in [-0.2, -0.15) is 0 Å². The van der Waals surface area contributed by atoms with Crippen LogP contribution in [0.5, 0.6) is 5.88 Å². The minimum atomic E-state index is -4.86. The van der Waals surface area contributed by atoms with Crippen LogP contribution in [0.4, 0.5) is 17.6 Å². The van der Waals surface area contributed by atoms with Crippen molar-refractivity contribution in [3.63, 3.8) is 0 Å². The van der Waals surface area contributed by atoms with Gasteiger partial charge >= 0.3 is 6.36 Å². The molecule has 0 saturated heterocycles. The Morgan fingerprint density at radius 1 is 1.31 bits per heavy atom. The Morgan fingerprint density at radius 3 is 2.38 bits per heavy atom.